The van der Waals surface area contributed by atoms with Gasteiger partial charge in [-0.1, -0.05) is 32.9 Å². The van der Waals surface area contributed by atoms with E-state index < -0.39 is 0 Å². The van der Waals surface area contributed by atoms with Crippen LogP contribution in [0.25, 0.3) is 0 Å². The first-order valence-corrected chi connectivity index (χ1v) is 7.83. The van der Waals surface area contributed by atoms with Crippen molar-refractivity contribution >= 4 is 5.97 Å². The Balaban J connectivity index is 2.00. The second-order valence-electron chi connectivity index (χ2n) is 6.59. The van der Waals surface area contributed by atoms with E-state index in [1.54, 1.807) is 6.07 Å². The minimum absolute atomic E-state index is 0.226. The first-order valence-electron chi connectivity index (χ1n) is 7.83. The van der Waals surface area contributed by atoms with Crippen LogP contribution in [0.1, 0.15) is 43.0 Å². The van der Waals surface area contributed by atoms with Crippen LogP contribution < -0.4 is 9.47 Å². The lowest BCUT2D eigenvalue weighted by molar-refractivity contribution is -0.131. The molecule has 0 aromatic heterocycles. The van der Waals surface area contributed by atoms with Crippen LogP contribution in [-0.2, 0) is 23.1 Å². The number of hydrogen-bond acceptors (Lipinski definition) is 4. The Hall–Kier alpha value is -2.49. The van der Waals surface area contributed by atoms with Crippen molar-refractivity contribution in [1.29, 1.82) is 0 Å². The molecular weight excluding hydrogens is 292 g/mol. The zero-order chi connectivity index (χ0) is 16.4. The summed E-state index contributed by atoms with van der Waals surface area (Å²) < 4.78 is 11.5. The largest absolute Gasteiger partial charge is 0.508 e. The maximum Gasteiger partial charge on any atom is 0.315 e. The van der Waals surface area contributed by atoms with Gasteiger partial charge >= 0.3 is 5.97 Å². The van der Waals surface area contributed by atoms with Gasteiger partial charge in [-0.05, 0) is 18.6 Å². The summed E-state index contributed by atoms with van der Waals surface area (Å²) in [7, 11) is 0. The molecule has 0 bridgehead atoms. The molecule has 0 spiro atoms. The van der Waals surface area contributed by atoms with Crippen LogP contribution in [0, 0.1) is 0 Å². The highest BCUT2D eigenvalue weighted by Gasteiger charge is 2.39. The molecule has 0 unspecified atom stereocenters. The monoisotopic (exact) mass is 310 g/mol. The molecule has 0 aliphatic carbocycles. The fourth-order valence-electron chi connectivity index (χ4n) is 3.60. The van der Waals surface area contributed by atoms with Crippen LogP contribution in [-0.4, -0.2) is 11.1 Å². The summed E-state index contributed by atoms with van der Waals surface area (Å²) in [6.07, 6.45) is 0.898. The summed E-state index contributed by atoms with van der Waals surface area (Å²) in [6, 6.07) is 7.46. The third-order valence-electron chi connectivity index (χ3n) is 4.90. The minimum atomic E-state index is -0.277. The number of ether oxygens (including phenoxy) is 2. The van der Waals surface area contributed by atoms with E-state index in [0.717, 1.165) is 22.3 Å². The summed E-state index contributed by atoms with van der Waals surface area (Å²) in [4.78, 5) is 11.7. The second-order valence-corrected chi connectivity index (χ2v) is 6.59. The van der Waals surface area contributed by atoms with Crippen LogP contribution >= 0.6 is 0 Å². The summed E-state index contributed by atoms with van der Waals surface area (Å²) in [5.41, 5.74) is 3.40. The van der Waals surface area contributed by atoms with Gasteiger partial charge in [-0.3, -0.25) is 4.79 Å². The van der Waals surface area contributed by atoms with Crippen molar-refractivity contribution in [2.75, 3.05) is 0 Å². The van der Waals surface area contributed by atoms with Crippen LogP contribution in [0.2, 0.25) is 0 Å². The molecule has 2 aliphatic heterocycles. The van der Waals surface area contributed by atoms with Crippen molar-refractivity contribution in [3.05, 3.63) is 46.5 Å². The highest BCUT2D eigenvalue weighted by molar-refractivity contribution is 5.83. The number of fused-ring (bicyclic) bond motifs is 4. The Morgan fingerprint density at radius 2 is 1.78 bits per heavy atom. The molecule has 23 heavy (non-hydrogen) atoms. The van der Waals surface area contributed by atoms with E-state index in [0.29, 0.717) is 23.7 Å². The van der Waals surface area contributed by atoms with Crippen LogP contribution in [0.15, 0.2) is 24.3 Å². The highest BCUT2D eigenvalue weighted by Crippen LogP contribution is 2.54. The molecule has 0 radical (unpaired) electrons. The maximum atomic E-state index is 11.7. The number of carbonyl (C=O) groups excluding carboxylic acids is 1. The van der Waals surface area contributed by atoms with Crippen molar-refractivity contribution in [2.24, 2.45) is 0 Å². The molecule has 118 valence electrons. The molecule has 2 aliphatic rings. The summed E-state index contributed by atoms with van der Waals surface area (Å²) in [5, 5.41) is 10.2. The smallest absolute Gasteiger partial charge is 0.315 e. The molecular formula is C19H18O4. The van der Waals surface area contributed by atoms with E-state index in [4.69, 9.17) is 9.47 Å². The van der Waals surface area contributed by atoms with Gasteiger partial charge in [0.2, 0.25) is 0 Å². The maximum absolute atomic E-state index is 11.7. The third kappa shape index (κ3) is 1.81. The topological polar surface area (TPSA) is 55.8 Å². The average molecular weight is 310 g/mol. The minimum Gasteiger partial charge on any atom is -0.508 e. The zero-order valence-electron chi connectivity index (χ0n) is 13.4. The van der Waals surface area contributed by atoms with Crippen LogP contribution in [0.5, 0.6) is 23.0 Å². The molecule has 0 saturated heterocycles. The van der Waals surface area contributed by atoms with Crippen molar-refractivity contribution in [3.8, 4) is 23.0 Å². The van der Waals surface area contributed by atoms with E-state index in [-0.39, 0.29) is 23.6 Å². The van der Waals surface area contributed by atoms with Gasteiger partial charge in [0.25, 0.3) is 0 Å². The molecule has 0 atom stereocenters. The van der Waals surface area contributed by atoms with Crippen molar-refractivity contribution < 1.29 is 19.4 Å². The molecule has 2 aromatic carbocycles. The number of hydrogen-bond donors (Lipinski definition) is 1. The standard InChI is InChI=1S/C19H18O4/c1-4-10-14(20)7-5-12-17(10)23-18-11-9-16(21)22-15(11)8-6-13(18)19(12,2)3/h5-8,20H,4,9H2,1-3H3. The Labute approximate surface area is 134 Å². The van der Waals surface area contributed by atoms with Crippen molar-refractivity contribution in [3.63, 3.8) is 0 Å². The number of phenolic OH excluding ortho intramolecular Hbond substituents is 1. The predicted molar refractivity (Wildman–Crippen MR) is 85.5 cm³/mol. The van der Waals surface area contributed by atoms with Gasteiger partial charge < -0.3 is 14.6 Å². The Bertz CT molecular complexity index is 849. The molecule has 0 fully saturated rings. The van der Waals surface area contributed by atoms with Gasteiger partial charge in [0.15, 0.2) is 0 Å². The fraction of sp³-hybridized carbons (Fsp3) is 0.316. The van der Waals surface area contributed by atoms with E-state index in [2.05, 4.69) is 13.8 Å². The van der Waals surface area contributed by atoms with Gasteiger partial charge in [0.05, 0.1) is 6.42 Å². The number of rotatable bonds is 1. The van der Waals surface area contributed by atoms with E-state index in [1.807, 2.05) is 25.1 Å². The third-order valence-corrected chi connectivity index (χ3v) is 4.90. The summed E-state index contributed by atoms with van der Waals surface area (Å²) in [6.45, 7) is 6.25. The first kappa shape index (κ1) is 14.1. The molecule has 4 heteroatoms. The molecule has 1 N–H and O–H groups in total. The lowest BCUT2D eigenvalue weighted by Crippen LogP contribution is -2.25. The number of esters is 1. The number of benzene rings is 2. The number of aromatic hydroxyl groups is 1. The van der Waals surface area contributed by atoms with Crippen molar-refractivity contribution in [2.45, 2.75) is 39.0 Å². The first-order chi connectivity index (χ1) is 10.9. The fourth-order valence-corrected chi connectivity index (χ4v) is 3.60. The van der Waals surface area contributed by atoms with Gasteiger partial charge in [0, 0.05) is 27.7 Å². The quantitative estimate of drug-likeness (QED) is 0.642. The van der Waals surface area contributed by atoms with E-state index in [9.17, 15) is 9.90 Å². The van der Waals surface area contributed by atoms with Crippen LogP contribution in [0.3, 0.4) is 0 Å². The van der Waals surface area contributed by atoms with Crippen LogP contribution in [0.4, 0.5) is 0 Å². The van der Waals surface area contributed by atoms with Gasteiger partial charge in [-0.25, -0.2) is 0 Å². The normalized spacial score (nSPS) is 16.9. The van der Waals surface area contributed by atoms with E-state index >= 15 is 0 Å². The molecule has 4 nitrogen and oxygen atoms in total. The molecule has 2 aromatic rings. The van der Waals surface area contributed by atoms with Gasteiger partial charge in [0.1, 0.15) is 23.0 Å². The Morgan fingerprint density at radius 3 is 2.52 bits per heavy atom. The molecule has 2 heterocycles. The average Bonchev–Trinajstić information content (AvgIpc) is 2.87. The Morgan fingerprint density at radius 1 is 1.09 bits per heavy atom. The SMILES string of the molecule is CCc1c(O)ccc2c1Oc1c(ccc3c1CC(=O)O3)C2(C)C. The molecule has 0 saturated carbocycles. The number of carbonyl (C=O) groups is 1. The highest BCUT2D eigenvalue weighted by atomic mass is 16.5. The van der Waals surface area contributed by atoms with Gasteiger partial charge in [-0.15, -0.1) is 0 Å². The van der Waals surface area contributed by atoms with E-state index in [1.165, 1.54) is 0 Å². The van der Waals surface area contributed by atoms with Gasteiger partial charge in [-0.2, -0.15) is 0 Å². The molecule has 0 amide bonds. The predicted octanol–water partition coefficient (Wildman–Crippen LogP) is 3.85. The molecule has 4 rings (SSSR count). The lowest BCUT2D eigenvalue weighted by Gasteiger charge is -2.36. The van der Waals surface area contributed by atoms with Crippen molar-refractivity contribution in [1.82, 2.24) is 0 Å². The summed E-state index contributed by atoms with van der Waals surface area (Å²) >= 11 is 0. The Kier molecular flexibility index (Phi) is 2.77. The number of phenols is 1. The lowest BCUT2D eigenvalue weighted by atomic mass is 9.74. The summed E-state index contributed by atoms with van der Waals surface area (Å²) in [5.74, 6) is 1.97. The second kappa shape index (κ2) is 4.51. The zero-order valence-corrected chi connectivity index (χ0v) is 13.4.